The Bertz CT molecular complexity index is 670. The zero-order valence-electron chi connectivity index (χ0n) is 14.1. The lowest BCUT2D eigenvalue weighted by Gasteiger charge is -2.07. The fraction of sp³-hybridized carbons (Fsp3) is 0.316. The largest absolute Gasteiger partial charge is 0.492 e. The van der Waals surface area contributed by atoms with Crippen LogP contribution in [0.5, 0.6) is 5.75 Å². The van der Waals surface area contributed by atoms with Gasteiger partial charge in [-0.2, -0.15) is 0 Å². The first-order valence-electron chi connectivity index (χ1n) is 8.14. The van der Waals surface area contributed by atoms with Gasteiger partial charge in [-0.25, -0.2) is 9.78 Å². The van der Waals surface area contributed by atoms with Crippen LogP contribution in [-0.2, 0) is 20.9 Å². The van der Waals surface area contributed by atoms with Crippen LogP contribution in [0.25, 0.3) is 0 Å². The second-order valence-corrected chi connectivity index (χ2v) is 5.20. The molecule has 6 heteroatoms. The summed E-state index contributed by atoms with van der Waals surface area (Å²) in [6.07, 6.45) is 2.33. The molecule has 6 nitrogen and oxygen atoms in total. The molecule has 0 aliphatic rings. The number of rotatable bonds is 9. The van der Waals surface area contributed by atoms with Gasteiger partial charge in [0.1, 0.15) is 18.1 Å². The van der Waals surface area contributed by atoms with Gasteiger partial charge in [-0.1, -0.05) is 30.3 Å². The summed E-state index contributed by atoms with van der Waals surface area (Å²) in [6.45, 7) is 2.73. The summed E-state index contributed by atoms with van der Waals surface area (Å²) >= 11 is 0. The maximum absolute atomic E-state index is 11.9. The van der Waals surface area contributed by atoms with E-state index in [9.17, 15) is 9.59 Å². The summed E-state index contributed by atoms with van der Waals surface area (Å²) in [5.74, 6) is -0.193. The van der Waals surface area contributed by atoms with Crippen molar-refractivity contribution in [1.82, 2.24) is 4.98 Å². The van der Waals surface area contributed by atoms with Gasteiger partial charge in [0.2, 0.25) is 0 Å². The lowest BCUT2D eigenvalue weighted by atomic mass is 10.2. The minimum Gasteiger partial charge on any atom is -0.492 e. The van der Waals surface area contributed by atoms with Crippen LogP contribution in [-0.4, -0.2) is 30.1 Å². The van der Waals surface area contributed by atoms with Crippen LogP contribution < -0.4 is 4.74 Å². The molecule has 0 amide bonds. The molecule has 2 aromatic rings. The number of nitrogens with zero attached hydrogens (tertiary/aromatic N) is 1. The highest BCUT2D eigenvalue weighted by Gasteiger charge is 2.09. The van der Waals surface area contributed by atoms with Crippen molar-refractivity contribution in [3.05, 3.63) is 59.9 Å². The second kappa shape index (κ2) is 10.1. The van der Waals surface area contributed by atoms with Gasteiger partial charge in [0.25, 0.3) is 0 Å². The number of hydrogen-bond acceptors (Lipinski definition) is 6. The summed E-state index contributed by atoms with van der Waals surface area (Å²) in [5, 5.41) is 0. The van der Waals surface area contributed by atoms with E-state index in [0.29, 0.717) is 31.8 Å². The third kappa shape index (κ3) is 6.63. The third-order valence-electron chi connectivity index (χ3n) is 3.26. The molecule has 0 fully saturated rings. The Balaban J connectivity index is 1.73. The quantitative estimate of drug-likeness (QED) is 0.514. The standard InChI is InChI=1S/C19H21NO5/c1-2-23-18(21)9-6-12-24-16-10-11-17(20-13-16)19(22)25-14-15-7-4-3-5-8-15/h3-5,7-8,10-11,13H,2,6,9,12,14H2,1H3. The molecule has 0 N–H and O–H groups in total. The van der Waals surface area contributed by atoms with Crippen LogP contribution in [0.1, 0.15) is 35.8 Å². The first-order chi connectivity index (χ1) is 12.2. The van der Waals surface area contributed by atoms with Crippen LogP contribution in [0.15, 0.2) is 48.7 Å². The molecule has 25 heavy (non-hydrogen) atoms. The van der Waals surface area contributed by atoms with Crippen molar-refractivity contribution >= 4 is 11.9 Å². The molecule has 0 radical (unpaired) electrons. The molecule has 0 saturated heterocycles. The van der Waals surface area contributed by atoms with E-state index in [2.05, 4.69) is 4.98 Å². The smallest absolute Gasteiger partial charge is 0.357 e. The second-order valence-electron chi connectivity index (χ2n) is 5.20. The zero-order valence-corrected chi connectivity index (χ0v) is 14.1. The van der Waals surface area contributed by atoms with Crippen LogP contribution in [0, 0.1) is 0 Å². The molecule has 0 spiro atoms. The van der Waals surface area contributed by atoms with E-state index < -0.39 is 5.97 Å². The summed E-state index contributed by atoms with van der Waals surface area (Å²) in [7, 11) is 0. The van der Waals surface area contributed by atoms with E-state index in [1.54, 1.807) is 19.1 Å². The van der Waals surface area contributed by atoms with Crippen molar-refractivity contribution < 1.29 is 23.8 Å². The van der Waals surface area contributed by atoms with Gasteiger partial charge in [-0.05, 0) is 31.0 Å². The van der Waals surface area contributed by atoms with Gasteiger partial charge in [0.15, 0.2) is 0 Å². The highest BCUT2D eigenvalue weighted by atomic mass is 16.5. The highest BCUT2D eigenvalue weighted by molar-refractivity contribution is 5.87. The number of pyridine rings is 1. The lowest BCUT2D eigenvalue weighted by molar-refractivity contribution is -0.143. The lowest BCUT2D eigenvalue weighted by Crippen LogP contribution is -2.08. The molecule has 1 aromatic heterocycles. The van der Waals surface area contributed by atoms with Gasteiger partial charge >= 0.3 is 11.9 Å². The fourth-order valence-electron chi connectivity index (χ4n) is 2.02. The Hall–Kier alpha value is -2.89. The minimum atomic E-state index is -0.488. The maximum atomic E-state index is 11.9. The molecule has 0 atom stereocenters. The number of aromatic nitrogens is 1. The van der Waals surface area contributed by atoms with E-state index in [4.69, 9.17) is 14.2 Å². The molecular weight excluding hydrogens is 322 g/mol. The summed E-state index contributed by atoms with van der Waals surface area (Å²) < 4.78 is 15.5. The van der Waals surface area contributed by atoms with Crippen molar-refractivity contribution in [2.75, 3.05) is 13.2 Å². The van der Waals surface area contributed by atoms with Crippen molar-refractivity contribution in [3.63, 3.8) is 0 Å². The minimum absolute atomic E-state index is 0.202. The summed E-state index contributed by atoms with van der Waals surface area (Å²) in [6, 6.07) is 12.6. The molecule has 132 valence electrons. The fourth-order valence-corrected chi connectivity index (χ4v) is 2.02. The van der Waals surface area contributed by atoms with Crippen molar-refractivity contribution in [3.8, 4) is 5.75 Å². The van der Waals surface area contributed by atoms with Crippen LogP contribution in [0.2, 0.25) is 0 Å². The molecule has 1 heterocycles. The number of esters is 2. The molecule has 0 bridgehead atoms. The number of carbonyl (C=O) groups is 2. The van der Waals surface area contributed by atoms with E-state index in [-0.39, 0.29) is 18.3 Å². The van der Waals surface area contributed by atoms with Gasteiger partial charge < -0.3 is 14.2 Å². The first kappa shape index (κ1) is 18.4. The van der Waals surface area contributed by atoms with Crippen LogP contribution in [0.3, 0.4) is 0 Å². The monoisotopic (exact) mass is 343 g/mol. The van der Waals surface area contributed by atoms with E-state index >= 15 is 0 Å². The average molecular weight is 343 g/mol. The number of ether oxygens (including phenoxy) is 3. The Kier molecular flexibility index (Phi) is 7.43. The normalized spacial score (nSPS) is 10.1. The first-order valence-corrected chi connectivity index (χ1v) is 8.14. The van der Waals surface area contributed by atoms with Crippen molar-refractivity contribution in [1.29, 1.82) is 0 Å². The van der Waals surface area contributed by atoms with E-state index in [0.717, 1.165) is 5.56 Å². The summed E-state index contributed by atoms with van der Waals surface area (Å²) in [5.41, 5.74) is 1.13. The molecule has 0 unspecified atom stereocenters. The Morgan fingerprint density at radius 2 is 1.84 bits per heavy atom. The molecule has 0 aliphatic heterocycles. The molecule has 0 saturated carbocycles. The molecule has 0 aliphatic carbocycles. The maximum Gasteiger partial charge on any atom is 0.357 e. The average Bonchev–Trinajstić information content (AvgIpc) is 2.65. The highest BCUT2D eigenvalue weighted by Crippen LogP contribution is 2.11. The molecule has 2 rings (SSSR count). The van der Waals surface area contributed by atoms with E-state index in [1.807, 2.05) is 30.3 Å². The predicted octanol–water partition coefficient (Wildman–Crippen LogP) is 3.16. The van der Waals surface area contributed by atoms with Gasteiger partial charge in [0.05, 0.1) is 19.4 Å². The Morgan fingerprint density at radius 3 is 2.52 bits per heavy atom. The predicted molar refractivity (Wildman–Crippen MR) is 91.2 cm³/mol. The van der Waals surface area contributed by atoms with E-state index in [1.165, 1.54) is 6.20 Å². The topological polar surface area (TPSA) is 74.7 Å². The number of carbonyl (C=O) groups excluding carboxylic acids is 2. The van der Waals surface area contributed by atoms with Gasteiger partial charge in [-0.15, -0.1) is 0 Å². The summed E-state index contributed by atoms with van der Waals surface area (Å²) in [4.78, 5) is 27.2. The van der Waals surface area contributed by atoms with Gasteiger partial charge in [0, 0.05) is 6.42 Å². The van der Waals surface area contributed by atoms with Crippen LogP contribution >= 0.6 is 0 Å². The Morgan fingerprint density at radius 1 is 1.04 bits per heavy atom. The number of hydrogen-bond donors (Lipinski definition) is 0. The van der Waals surface area contributed by atoms with Crippen LogP contribution in [0.4, 0.5) is 0 Å². The molecular formula is C19H21NO5. The third-order valence-corrected chi connectivity index (χ3v) is 3.26. The van der Waals surface area contributed by atoms with Crippen molar-refractivity contribution in [2.24, 2.45) is 0 Å². The molecule has 1 aromatic carbocycles. The Labute approximate surface area is 146 Å². The van der Waals surface area contributed by atoms with Crippen molar-refractivity contribution in [2.45, 2.75) is 26.4 Å². The SMILES string of the molecule is CCOC(=O)CCCOc1ccc(C(=O)OCc2ccccc2)nc1. The van der Waals surface area contributed by atoms with Gasteiger partial charge in [-0.3, -0.25) is 4.79 Å². The number of benzene rings is 1. The zero-order chi connectivity index (χ0) is 17.9.